The Morgan fingerprint density at radius 2 is 1.48 bits per heavy atom. The van der Waals surface area contributed by atoms with Gasteiger partial charge in [-0.15, -0.1) is 0 Å². The Bertz CT molecular complexity index is 1150. The number of hydrogen-bond donors (Lipinski definition) is 0. The van der Waals surface area contributed by atoms with Crippen molar-refractivity contribution in [2.45, 2.75) is 17.9 Å². The topological polar surface area (TPSA) is 65.1 Å². The highest BCUT2D eigenvalue weighted by Crippen LogP contribution is 2.39. The number of hydrogen-bond acceptors (Lipinski definition) is 5. The molecule has 0 N–H and O–H groups in total. The molecule has 0 bridgehead atoms. The van der Waals surface area contributed by atoms with Gasteiger partial charge in [0, 0.05) is 10.6 Å². The molecule has 6 nitrogen and oxygen atoms in total. The molecular formula is C23H24ClNO5S. The second-order valence-corrected chi connectivity index (χ2v) is 8.99. The molecule has 164 valence electrons. The van der Waals surface area contributed by atoms with Gasteiger partial charge in [0.25, 0.3) is 10.0 Å². The lowest BCUT2D eigenvalue weighted by Gasteiger charge is -2.32. The van der Waals surface area contributed by atoms with Crippen LogP contribution in [0.4, 0.5) is 5.69 Å². The second kappa shape index (κ2) is 9.49. The van der Waals surface area contributed by atoms with E-state index in [1.54, 1.807) is 75.7 Å². The highest BCUT2D eigenvalue weighted by atomic mass is 35.5. The van der Waals surface area contributed by atoms with Crippen LogP contribution < -0.4 is 18.5 Å². The zero-order valence-electron chi connectivity index (χ0n) is 17.7. The number of rotatable bonds is 8. The van der Waals surface area contributed by atoms with Crippen molar-refractivity contribution in [1.82, 2.24) is 0 Å². The predicted molar refractivity (Wildman–Crippen MR) is 122 cm³/mol. The molecule has 0 aromatic heterocycles. The smallest absolute Gasteiger partial charge is 0.264 e. The lowest BCUT2D eigenvalue weighted by Crippen LogP contribution is -2.34. The van der Waals surface area contributed by atoms with Gasteiger partial charge in [0.1, 0.15) is 17.2 Å². The van der Waals surface area contributed by atoms with E-state index in [-0.39, 0.29) is 4.90 Å². The van der Waals surface area contributed by atoms with E-state index in [0.29, 0.717) is 33.5 Å². The van der Waals surface area contributed by atoms with Crippen LogP contribution in [0.3, 0.4) is 0 Å². The van der Waals surface area contributed by atoms with Crippen LogP contribution in [0.2, 0.25) is 5.02 Å². The highest BCUT2D eigenvalue weighted by molar-refractivity contribution is 7.92. The maximum Gasteiger partial charge on any atom is 0.264 e. The molecule has 0 aliphatic carbocycles. The summed E-state index contributed by atoms with van der Waals surface area (Å²) in [5.74, 6) is 1.71. The molecule has 1 unspecified atom stereocenters. The Labute approximate surface area is 188 Å². The third-order valence-electron chi connectivity index (χ3n) is 4.92. The van der Waals surface area contributed by atoms with Crippen LogP contribution in [0, 0.1) is 0 Å². The first-order valence-corrected chi connectivity index (χ1v) is 11.3. The fourth-order valence-electron chi connectivity index (χ4n) is 3.34. The Kier molecular flexibility index (Phi) is 6.97. The van der Waals surface area contributed by atoms with Crippen LogP contribution in [0.15, 0.2) is 71.6 Å². The number of ether oxygens (including phenoxy) is 3. The van der Waals surface area contributed by atoms with E-state index in [0.717, 1.165) is 0 Å². The number of benzene rings is 3. The molecule has 0 spiro atoms. The molecule has 0 radical (unpaired) electrons. The minimum Gasteiger partial charge on any atom is -0.497 e. The summed E-state index contributed by atoms with van der Waals surface area (Å²) in [6.45, 7) is 1.79. The van der Waals surface area contributed by atoms with Gasteiger partial charge in [-0.25, -0.2) is 8.42 Å². The third kappa shape index (κ3) is 4.73. The predicted octanol–water partition coefficient (Wildman–Crippen LogP) is 5.32. The molecule has 0 fully saturated rings. The second-order valence-electron chi connectivity index (χ2n) is 6.74. The zero-order valence-corrected chi connectivity index (χ0v) is 19.3. The van der Waals surface area contributed by atoms with Crippen LogP contribution in [0.25, 0.3) is 0 Å². The monoisotopic (exact) mass is 461 g/mol. The van der Waals surface area contributed by atoms with Crippen LogP contribution >= 0.6 is 11.6 Å². The summed E-state index contributed by atoms with van der Waals surface area (Å²) < 4.78 is 44.9. The van der Waals surface area contributed by atoms with Crippen LogP contribution in [-0.4, -0.2) is 29.7 Å². The number of methoxy groups -OCH3 is 3. The number of nitrogens with zero attached hydrogens (tertiary/aromatic N) is 1. The van der Waals surface area contributed by atoms with E-state index in [9.17, 15) is 8.42 Å². The van der Waals surface area contributed by atoms with E-state index in [1.807, 2.05) is 0 Å². The van der Waals surface area contributed by atoms with E-state index in [1.165, 1.54) is 23.5 Å². The van der Waals surface area contributed by atoms with Crippen molar-refractivity contribution in [2.24, 2.45) is 0 Å². The molecule has 3 rings (SSSR count). The van der Waals surface area contributed by atoms with Crippen molar-refractivity contribution in [2.75, 3.05) is 25.6 Å². The molecule has 3 aromatic rings. The molecule has 0 amide bonds. The molecule has 0 aliphatic rings. The summed E-state index contributed by atoms with van der Waals surface area (Å²) in [7, 11) is 0.658. The summed E-state index contributed by atoms with van der Waals surface area (Å²) in [5.41, 5.74) is 1.08. The first-order chi connectivity index (χ1) is 14.8. The Hall–Kier alpha value is -2.90. The zero-order chi connectivity index (χ0) is 22.6. The lowest BCUT2D eigenvalue weighted by molar-refractivity contribution is 0.396. The van der Waals surface area contributed by atoms with Gasteiger partial charge in [-0.1, -0.05) is 17.7 Å². The van der Waals surface area contributed by atoms with E-state index in [2.05, 4.69) is 0 Å². The summed E-state index contributed by atoms with van der Waals surface area (Å²) >= 11 is 6.20. The van der Waals surface area contributed by atoms with Crippen LogP contribution in [0.1, 0.15) is 18.5 Å². The van der Waals surface area contributed by atoms with Crippen molar-refractivity contribution in [1.29, 1.82) is 0 Å². The fraction of sp³-hybridized carbons (Fsp3) is 0.217. The van der Waals surface area contributed by atoms with Gasteiger partial charge in [-0.3, -0.25) is 4.31 Å². The van der Waals surface area contributed by atoms with Gasteiger partial charge in [-0.2, -0.15) is 0 Å². The average molecular weight is 462 g/mol. The maximum absolute atomic E-state index is 13.8. The number of halogens is 1. The van der Waals surface area contributed by atoms with Crippen molar-refractivity contribution >= 4 is 27.3 Å². The van der Waals surface area contributed by atoms with Gasteiger partial charge in [0.2, 0.25) is 0 Å². The molecule has 31 heavy (non-hydrogen) atoms. The van der Waals surface area contributed by atoms with Gasteiger partial charge in [-0.05, 0) is 67.6 Å². The molecule has 0 saturated carbocycles. The average Bonchev–Trinajstić information content (AvgIpc) is 2.78. The van der Waals surface area contributed by atoms with Crippen molar-refractivity contribution in [3.63, 3.8) is 0 Å². The van der Waals surface area contributed by atoms with E-state index >= 15 is 0 Å². The molecule has 1 atom stereocenters. The molecule has 3 aromatic carbocycles. The van der Waals surface area contributed by atoms with Crippen LogP contribution in [-0.2, 0) is 10.0 Å². The standard InChI is InChI=1S/C23H24ClNO5S/c1-16(22-15-20(29-3)10-13-23(22)30-4)25(18-7-5-6-17(24)14-18)31(26,27)21-11-8-19(28-2)9-12-21/h5-16H,1-4H3. The third-order valence-corrected chi connectivity index (χ3v) is 7.07. The van der Waals surface area contributed by atoms with Crippen molar-refractivity contribution < 1.29 is 22.6 Å². The molecule has 0 saturated heterocycles. The van der Waals surface area contributed by atoms with E-state index < -0.39 is 16.1 Å². The Balaban J connectivity index is 2.20. The van der Waals surface area contributed by atoms with Gasteiger partial charge < -0.3 is 14.2 Å². The highest BCUT2D eigenvalue weighted by Gasteiger charge is 2.32. The first-order valence-electron chi connectivity index (χ1n) is 9.47. The molecule has 0 aliphatic heterocycles. The summed E-state index contributed by atoms with van der Waals surface area (Å²) in [6, 6.07) is 17.6. The maximum atomic E-state index is 13.8. The number of sulfonamides is 1. The fourth-order valence-corrected chi connectivity index (χ4v) is 5.15. The van der Waals surface area contributed by atoms with Crippen molar-refractivity contribution in [3.8, 4) is 17.2 Å². The minimum atomic E-state index is -3.97. The first kappa shape index (κ1) is 22.8. The summed E-state index contributed by atoms with van der Waals surface area (Å²) in [4.78, 5) is 0.127. The Morgan fingerprint density at radius 1 is 0.839 bits per heavy atom. The van der Waals surface area contributed by atoms with Crippen LogP contribution in [0.5, 0.6) is 17.2 Å². The quantitative estimate of drug-likeness (QED) is 0.454. The molecule has 8 heteroatoms. The molecule has 0 heterocycles. The lowest BCUT2D eigenvalue weighted by atomic mass is 10.1. The Morgan fingerprint density at radius 3 is 2.06 bits per heavy atom. The summed E-state index contributed by atoms with van der Waals surface area (Å²) in [6.07, 6.45) is 0. The van der Waals surface area contributed by atoms with E-state index in [4.69, 9.17) is 25.8 Å². The SMILES string of the molecule is COc1ccc(S(=O)(=O)N(c2cccc(Cl)c2)C(C)c2cc(OC)ccc2OC)cc1. The number of anilines is 1. The molecular weight excluding hydrogens is 438 g/mol. The normalized spacial score (nSPS) is 12.2. The van der Waals surface area contributed by atoms with Gasteiger partial charge in [0.15, 0.2) is 0 Å². The van der Waals surface area contributed by atoms with Crippen molar-refractivity contribution in [3.05, 3.63) is 77.3 Å². The largest absolute Gasteiger partial charge is 0.497 e. The summed E-state index contributed by atoms with van der Waals surface area (Å²) in [5, 5.41) is 0.428. The van der Waals surface area contributed by atoms with Gasteiger partial charge >= 0.3 is 0 Å². The minimum absolute atomic E-state index is 0.127. The van der Waals surface area contributed by atoms with Gasteiger partial charge in [0.05, 0.1) is 38.0 Å².